The summed E-state index contributed by atoms with van der Waals surface area (Å²) in [5, 5.41) is 0. The summed E-state index contributed by atoms with van der Waals surface area (Å²) in [6.07, 6.45) is 1.74. The number of likely N-dealkylation sites (tertiary alicyclic amines) is 1. The van der Waals surface area contributed by atoms with Crippen molar-refractivity contribution in [3.05, 3.63) is 28.7 Å². The van der Waals surface area contributed by atoms with Crippen molar-refractivity contribution < 1.29 is 14.3 Å². The lowest BCUT2D eigenvalue weighted by molar-refractivity contribution is -0.159. The van der Waals surface area contributed by atoms with Gasteiger partial charge in [-0.05, 0) is 31.3 Å². The first-order valence-electron chi connectivity index (χ1n) is 7.60. The third-order valence-electron chi connectivity index (χ3n) is 4.42. The van der Waals surface area contributed by atoms with E-state index in [2.05, 4.69) is 27.9 Å². The van der Waals surface area contributed by atoms with Crippen molar-refractivity contribution in [3.63, 3.8) is 0 Å². The number of rotatable bonds is 3. The van der Waals surface area contributed by atoms with Gasteiger partial charge in [0.15, 0.2) is 6.61 Å². The summed E-state index contributed by atoms with van der Waals surface area (Å²) in [6, 6.07) is 7.50. The van der Waals surface area contributed by atoms with Gasteiger partial charge in [-0.25, -0.2) is 0 Å². The molecule has 120 valence electrons. The lowest BCUT2D eigenvalue weighted by Gasteiger charge is -2.42. The minimum Gasteiger partial charge on any atom is -0.484 e. The molecule has 0 atom stereocenters. The Kier molecular flexibility index (Phi) is 4.70. The first-order valence-corrected chi connectivity index (χ1v) is 8.40. The molecule has 2 fully saturated rings. The third kappa shape index (κ3) is 3.29. The van der Waals surface area contributed by atoms with Gasteiger partial charge in [0, 0.05) is 36.9 Å². The normalized spacial score (nSPS) is 21.3. The molecular formula is C16H21BrN2O3. The maximum atomic E-state index is 12.5. The fourth-order valence-electron chi connectivity index (χ4n) is 3.10. The summed E-state index contributed by atoms with van der Waals surface area (Å²) in [4.78, 5) is 16.7. The van der Waals surface area contributed by atoms with Gasteiger partial charge in [-0.3, -0.25) is 4.79 Å². The average molecular weight is 369 g/mol. The molecule has 1 spiro atoms. The van der Waals surface area contributed by atoms with Gasteiger partial charge in [0.1, 0.15) is 11.5 Å². The molecular weight excluding hydrogens is 348 g/mol. The SMILES string of the molecule is CN1CCC2(CC1)OCCN2C(=O)COc1ccc(Br)cc1. The van der Waals surface area contributed by atoms with Gasteiger partial charge in [0.05, 0.1) is 6.61 Å². The minimum absolute atomic E-state index is 0.00460. The smallest absolute Gasteiger partial charge is 0.262 e. The first-order chi connectivity index (χ1) is 10.6. The summed E-state index contributed by atoms with van der Waals surface area (Å²) in [7, 11) is 2.10. The van der Waals surface area contributed by atoms with Crippen LogP contribution in [0.15, 0.2) is 28.7 Å². The number of hydrogen-bond acceptors (Lipinski definition) is 4. The van der Waals surface area contributed by atoms with Crippen LogP contribution in [-0.4, -0.2) is 61.3 Å². The van der Waals surface area contributed by atoms with E-state index in [1.165, 1.54) is 0 Å². The molecule has 0 N–H and O–H groups in total. The zero-order valence-corrected chi connectivity index (χ0v) is 14.3. The van der Waals surface area contributed by atoms with E-state index < -0.39 is 5.72 Å². The molecule has 0 radical (unpaired) electrons. The topological polar surface area (TPSA) is 42.0 Å². The molecule has 0 bridgehead atoms. The second kappa shape index (κ2) is 6.56. The van der Waals surface area contributed by atoms with Crippen LogP contribution in [0.1, 0.15) is 12.8 Å². The first kappa shape index (κ1) is 15.8. The molecule has 1 amide bonds. The lowest BCUT2D eigenvalue weighted by atomic mass is 9.99. The fraction of sp³-hybridized carbons (Fsp3) is 0.562. The maximum Gasteiger partial charge on any atom is 0.262 e. The van der Waals surface area contributed by atoms with Crippen molar-refractivity contribution in [1.29, 1.82) is 0 Å². The van der Waals surface area contributed by atoms with Gasteiger partial charge < -0.3 is 19.3 Å². The van der Waals surface area contributed by atoms with E-state index in [-0.39, 0.29) is 12.5 Å². The van der Waals surface area contributed by atoms with Crippen LogP contribution < -0.4 is 4.74 Å². The number of nitrogens with zero attached hydrogens (tertiary/aromatic N) is 2. The van der Waals surface area contributed by atoms with E-state index in [0.717, 1.165) is 30.4 Å². The van der Waals surface area contributed by atoms with Gasteiger partial charge in [0.25, 0.3) is 5.91 Å². The summed E-state index contributed by atoms with van der Waals surface area (Å²) >= 11 is 3.38. The van der Waals surface area contributed by atoms with E-state index in [4.69, 9.17) is 9.47 Å². The average Bonchev–Trinajstić information content (AvgIpc) is 2.93. The number of carbonyl (C=O) groups is 1. The number of amides is 1. The van der Waals surface area contributed by atoms with Gasteiger partial charge >= 0.3 is 0 Å². The molecule has 0 unspecified atom stereocenters. The van der Waals surface area contributed by atoms with Gasteiger partial charge in [-0.15, -0.1) is 0 Å². The molecule has 1 aromatic carbocycles. The van der Waals surface area contributed by atoms with Crippen molar-refractivity contribution in [3.8, 4) is 5.75 Å². The minimum atomic E-state index is -0.410. The van der Waals surface area contributed by atoms with Crippen LogP contribution in [0.2, 0.25) is 0 Å². The Balaban J connectivity index is 1.60. The van der Waals surface area contributed by atoms with E-state index in [9.17, 15) is 4.79 Å². The molecule has 1 aromatic rings. The van der Waals surface area contributed by atoms with Crippen molar-refractivity contribution in [1.82, 2.24) is 9.80 Å². The van der Waals surface area contributed by atoms with E-state index in [1.807, 2.05) is 29.2 Å². The summed E-state index contributed by atoms with van der Waals surface area (Å²) in [5.41, 5.74) is -0.410. The van der Waals surface area contributed by atoms with E-state index in [1.54, 1.807) is 0 Å². The van der Waals surface area contributed by atoms with Gasteiger partial charge in [-0.2, -0.15) is 0 Å². The number of piperidine rings is 1. The van der Waals surface area contributed by atoms with Gasteiger partial charge in [-0.1, -0.05) is 15.9 Å². The highest BCUT2D eigenvalue weighted by Crippen LogP contribution is 2.34. The molecule has 0 saturated carbocycles. The van der Waals surface area contributed by atoms with Crippen LogP contribution in [0.4, 0.5) is 0 Å². The predicted octanol–water partition coefficient (Wildman–Crippen LogP) is 2.11. The highest BCUT2D eigenvalue weighted by molar-refractivity contribution is 9.10. The molecule has 5 nitrogen and oxygen atoms in total. The van der Waals surface area contributed by atoms with E-state index >= 15 is 0 Å². The zero-order chi connectivity index (χ0) is 15.6. The second-order valence-corrected chi connectivity index (χ2v) is 6.80. The van der Waals surface area contributed by atoms with Gasteiger partial charge in [0.2, 0.25) is 0 Å². The quantitative estimate of drug-likeness (QED) is 0.819. The molecule has 2 aliphatic rings. The number of halogens is 1. The van der Waals surface area contributed by atoms with Crippen molar-refractivity contribution >= 4 is 21.8 Å². The van der Waals surface area contributed by atoms with Crippen LogP contribution in [0.3, 0.4) is 0 Å². The van der Waals surface area contributed by atoms with Crippen LogP contribution >= 0.6 is 15.9 Å². The summed E-state index contributed by atoms with van der Waals surface area (Å²) in [6.45, 7) is 3.25. The Morgan fingerprint density at radius 2 is 1.95 bits per heavy atom. The highest BCUT2D eigenvalue weighted by atomic mass is 79.9. The fourth-order valence-corrected chi connectivity index (χ4v) is 3.36. The third-order valence-corrected chi connectivity index (χ3v) is 4.95. The monoisotopic (exact) mass is 368 g/mol. The number of benzene rings is 1. The molecule has 2 saturated heterocycles. The molecule has 6 heteroatoms. The highest BCUT2D eigenvalue weighted by Gasteiger charge is 2.46. The Hall–Kier alpha value is -1.11. The lowest BCUT2D eigenvalue weighted by Crippen LogP contribution is -2.55. The molecule has 0 aliphatic carbocycles. The number of hydrogen-bond donors (Lipinski definition) is 0. The number of ether oxygens (including phenoxy) is 2. The van der Waals surface area contributed by atoms with Crippen molar-refractivity contribution in [2.75, 3.05) is 39.9 Å². The van der Waals surface area contributed by atoms with Crippen molar-refractivity contribution in [2.45, 2.75) is 18.6 Å². The molecule has 0 aromatic heterocycles. The van der Waals surface area contributed by atoms with Crippen LogP contribution in [0, 0.1) is 0 Å². The zero-order valence-electron chi connectivity index (χ0n) is 12.8. The predicted molar refractivity (Wildman–Crippen MR) is 86.8 cm³/mol. The summed E-state index contributed by atoms with van der Waals surface area (Å²) in [5.74, 6) is 0.707. The molecule has 3 rings (SSSR count). The second-order valence-electron chi connectivity index (χ2n) is 5.89. The van der Waals surface area contributed by atoms with Crippen LogP contribution in [0.25, 0.3) is 0 Å². The Labute approximate surface area is 139 Å². The molecule has 2 heterocycles. The Bertz CT molecular complexity index is 527. The molecule has 2 aliphatic heterocycles. The standard InChI is InChI=1S/C16H21BrN2O3/c1-18-8-6-16(7-9-18)19(10-11-22-16)15(20)12-21-14-4-2-13(17)3-5-14/h2-5H,6-12H2,1H3. The Morgan fingerprint density at radius 3 is 2.64 bits per heavy atom. The largest absolute Gasteiger partial charge is 0.484 e. The molecule has 22 heavy (non-hydrogen) atoms. The maximum absolute atomic E-state index is 12.5. The van der Waals surface area contributed by atoms with Crippen LogP contribution in [-0.2, 0) is 9.53 Å². The Morgan fingerprint density at radius 1 is 1.27 bits per heavy atom. The van der Waals surface area contributed by atoms with Crippen molar-refractivity contribution in [2.24, 2.45) is 0 Å². The van der Waals surface area contributed by atoms with Crippen LogP contribution in [0.5, 0.6) is 5.75 Å². The summed E-state index contributed by atoms with van der Waals surface area (Å²) < 4.78 is 12.6. The van der Waals surface area contributed by atoms with E-state index in [0.29, 0.717) is 18.9 Å². The number of carbonyl (C=O) groups excluding carboxylic acids is 1.